The number of unbranched alkanes of at least 4 members (excludes halogenated alkanes) is 1. The summed E-state index contributed by atoms with van der Waals surface area (Å²) in [6.07, 6.45) is 3.52. The molecule has 0 amide bonds. The normalized spacial score (nSPS) is 15.3. The summed E-state index contributed by atoms with van der Waals surface area (Å²) in [5.74, 6) is 0.689. The van der Waals surface area contributed by atoms with Crippen LogP contribution in [0.4, 0.5) is 4.39 Å². The number of nitrogens with one attached hydrogen (secondary N) is 1. The van der Waals surface area contributed by atoms with Crippen LogP contribution in [0.5, 0.6) is 5.75 Å². The molecule has 28 heavy (non-hydrogen) atoms. The number of hydrogen-bond donors (Lipinski definition) is 1. The number of halogens is 1. The quantitative estimate of drug-likeness (QED) is 0.659. The largest absolute Gasteiger partial charge is 0.494 e. The number of nitriles is 1. The molecule has 2 aromatic rings. The van der Waals surface area contributed by atoms with Crippen LogP contribution in [0.2, 0.25) is 0 Å². The van der Waals surface area contributed by atoms with E-state index in [1.807, 2.05) is 24.3 Å². The van der Waals surface area contributed by atoms with Gasteiger partial charge in [-0.1, -0.05) is 24.3 Å². The predicted molar refractivity (Wildman–Crippen MR) is 108 cm³/mol. The second kappa shape index (κ2) is 10.8. The van der Waals surface area contributed by atoms with Crippen LogP contribution in [0, 0.1) is 17.1 Å². The van der Waals surface area contributed by atoms with E-state index in [4.69, 9.17) is 10.00 Å². The summed E-state index contributed by atoms with van der Waals surface area (Å²) in [6, 6.07) is 17.6. The molecule has 1 N–H and O–H groups in total. The second-order valence-electron chi connectivity index (χ2n) is 7.32. The first kappa shape index (κ1) is 20.3. The average Bonchev–Trinajstić information content (AvgIpc) is 2.73. The first-order valence-electron chi connectivity index (χ1n) is 10.0. The molecule has 0 aromatic heterocycles. The van der Waals surface area contributed by atoms with Crippen molar-refractivity contribution in [2.75, 3.05) is 19.7 Å². The first-order valence-corrected chi connectivity index (χ1v) is 10.0. The SMILES string of the molecule is N#CCCCOc1cccc(CNC2CCN(Cc3ccc(F)cc3)CC2)c1. The van der Waals surface area contributed by atoms with Crippen molar-refractivity contribution in [2.45, 2.75) is 44.8 Å². The minimum Gasteiger partial charge on any atom is -0.494 e. The molecule has 1 aliphatic rings. The van der Waals surface area contributed by atoms with Crippen LogP contribution in [0.15, 0.2) is 48.5 Å². The Morgan fingerprint density at radius 2 is 1.89 bits per heavy atom. The molecule has 0 bridgehead atoms. The van der Waals surface area contributed by atoms with Crippen molar-refractivity contribution in [1.29, 1.82) is 5.26 Å². The van der Waals surface area contributed by atoms with Gasteiger partial charge in [-0.25, -0.2) is 4.39 Å². The van der Waals surface area contributed by atoms with Crippen LogP contribution in [0.1, 0.15) is 36.8 Å². The van der Waals surface area contributed by atoms with E-state index < -0.39 is 0 Å². The topological polar surface area (TPSA) is 48.3 Å². The van der Waals surface area contributed by atoms with Crippen molar-refractivity contribution in [1.82, 2.24) is 10.2 Å². The van der Waals surface area contributed by atoms with Gasteiger partial charge in [-0.2, -0.15) is 5.26 Å². The third-order valence-corrected chi connectivity index (χ3v) is 5.10. The van der Waals surface area contributed by atoms with Gasteiger partial charge in [-0.05, 0) is 67.7 Å². The van der Waals surface area contributed by atoms with Gasteiger partial charge in [-0.3, -0.25) is 4.90 Å². The summed E-state index contributed by atoms with van der Waals surface area (Å²) in [5, 5.41) is 12.2. The third kappa shape index (κ3) is 6.63. The van der Waals surface area contributed by atoms with Gasteiger partial charge < -0.3 is 10.1 Å². The fraction of sp³-hybridized carbons (Fsp3) is 0.435. The van der Waals surface area contributed by atoms with Gasteiger partial charge >= 0.3 is 0 Å². The molecule has 1 aliphatic heterocycles. The maximum atomic E-state index is 13.0. The predicted octanol–water partition coefficient (Wildman–Crippen LogP) is 4.26. The van der Waals surface area contributed by atoms with Crippen LogP contribution in [-0.2, 0) is 13.1 Å². The average molecular weight is 381 g/mol. The van der Waals surface area contributed by atoms with Gasteiger partial charge in [0.15, 0.2) is 0 Å². The van der Waals surface area contributed by atoms with Crippen molar-refractivity contribution in [2.24, 2.45) is 0 Å². The van der Waals surface area contributed by atoms with E-state index in [1.54, 1.807) is 0 Å². The number of likely N-dealkylation sites (tertiary alicyclic amines) is 1. The maximum absolute atomic E-state index is 13.0. The third-order valence-electron chi connectivity index (χ3n) is 5.10. The molecule has 1 heterocycles. The molecule has 3 rings (SSSR count). The molecule has 5 heteroatoms. The number of ether oxygens (including phenoxy) is 1. The molecule has 148 valence electrons. The molecule has 0 aliphatic carbocycles. The van der Waals surface area contributed by atoms with Gasteiger partial charge in [-0.15, -0.1) is 0 Å². The lowest BCUT2D eigenvalue weighted by Gasteiger charge is -2.32. The highest BCUT2D eigenvalue weighted by Crippen LogP contribution is 2.17. The summed E-state index contributed by atoms with van der Waals surface area (Å²) < 4.78 is 18.7. The lowest BCUT2D eigenvalue weighted by molar-refractivity contribution is 0.190. The standard InChI is InChI=1S/C23H28FN3O/c24-21-8-6-19(7-9-21)18-27-13-10-22(11-14-27)26-17-20-4-3-5-23(16-20)28-15-2-1-12-25/h3-9,16,22,26H,1-2,10-11,13-15,17-18H2. The van der Waals surface area contributed by atoms with Gasteiger partial charge in [0.25, 0.3) is 0 Å². The molecule has 0 radical (unpaired) electrons. The number of rotatable bonds is 9. The molecule has 0 spiro atoms. The summed E-state index contributed by atoms with van der Waals surface area (Å²) in [7, 11) is 0. The zero-order valence-electron chi connectivity index (χ0n) is 16.2. The van der Waals surface area contributed by atoms with Crippen LogP contribution >= 0.6 is 0 Å². The molecule has 0 unspecified atom stereocenters. The number of nitrogens with zero attached hydrogens (tertiary/aromatic N) is 2. The zero-order chi connectivity index (χ0) is 19.6. The van der Waals surface area contributed by atoms with Gasteiger partial charge in [0.1, 0.15) is 11.6 Å². The van der Waals surface area contributed by atoms with E-state index in [2.05, 4.69) is 28.4 Å². The zero-order valence-corrected chi connectivity index (χ0v) is 16.2. The lowest BCUT2D eigenvalue weighted by atomic mass is 10.0. The fourth-order valence-electron chi connectivity index (χ4n) is 3.49. The van der Waals surface area contributed by atoms with E-state index in [0.717, 1.165) is 51.2 Å². The lowest BCUT2D eigenvalue weighted by Crippen LogP contribution is -2.41. The van der Waals surface area contributed by atoms with Crippen molar-refractivity contribution >= 4 is 0 Å². The molecular formula is C23H28FN3O. The monoisotopic (exact) mass is 381 g/mol. The van der Waals surface area contributed by atoms with Gasteiger partial charge in [0.05, 0.1) is 12.7 Å². The van der Waals surface area contributed by atoms with E-state index >= 15 is 0 Å². The summed E-state index contributed by atoms with van der Waals surface area (Å²) in [5.41, 5.74) is 2.38. The van der Waals surface area contributed by atoms with E-state index in [-0.39, 0.29) is 5.82 Å². The summed E-state index contributed by atoms with van der Waals surface area (Å²) in [6.45, 7) is 4.40. The van der Waals surface area contributed by atoms with Crippen LogP contribution in [0.25, 0.3) is 0 Å². The summed E-state index contributed by atoms with van der Waals surface area (Å²) in [4.78, 5) is 2.43. The Balaban J connectivity index is 1.38. The molecule has 0 saturated carbocycles. The van der Waals surface area contributed by atoms with E-state index in [9.17, 15) is 4.39 Å². The molecule has 1 saturated heterocycles. The Morgan fingerprint density at radius 3 is 2.64 bits per heavy atom. The highest BCUT2D eigenvalue weighted by molar-refractivity contribution is 5.28. The Labute approximate surface area is 166 Å². The number of benzene rings is 2. The molecule has 0 atom stereocenters. The van der Waals surface area contributed by atoms with Crippen molar-refractivity contribution in [3.05, 3.63) is 65.5 Å². The van der Waals surface area contributed by atoms with Gasteiger partial charge in [0.2, 0.25) is 0 Å². The van der Waals surface area contributed by atoms with Crippen LogP contribution in [-0.4, -0.2) is 30.6 Å². The Bertz CT molecular complexity index is 764. The Morgan fingerprint density at radius 1 is 1.11 bits per heavy atom. The second-order valence-corrected chi connectivity index (χ2v) is 7.32. The minimum absolute atomic E-state index is 0.178. The first-order chi connectivity index (χ1) is 13.7. The highest BCUT2D eigenvalue weighted by Gasteiger charge is 2.18. The van der Waals surface area contributed by atoms with E-state index in [1.165, 1.54) is 23.3 Å². The highest BCUT2D eigenvalue weighted by atomic mass is 19.1. The van der Waals surface area contributed by atoms with Crippen molar-refractivity contribution in [3.63, 3.8) is 0 Å². The van der Waals surface area contributed by atoms with Crippen molar-refractivity contribution in [3.8, 4) is 11.8 Å². The summed E-state index contributed by atoms with van der Waals surface area (Å²) >= 11 is 0. The smallest absolute Gasteiger partial charge is 0.123 e. The van der Waals surface area contributed by atoms with Crippen LogP contribution < -0.4 is 10.1 Å². The Kier molecular flexibility index (Phi) is 7.83. The molecule has 1 fully saturated rings. The number of piperidine rings is 1. The van der Waals surface area contributed by atoms with Crippen LogP contribution in [0.3, 0.4) is 0 Å². The minimum atomic E-state index is -0.178. The fourth-order valence-corrected chi connectivity index (χ4v) is 3.49. The number of hydrogen-bond acceptors (Lipinski definition) is 4. The van der Waals surface area contributed by atoms with E-state index in [0.29, 0.717) is 19.1 Å². The molecule has 4 nitrogen and oxygen atoms in total. The van der Waals surface area contributed by atoms with Gasteiger partial charge in [0, 0.05) is 25.6 Å². The van der Waals surface area contributed by atoms with Crippen molar-refractivity contribution < 1.29 is 9.13 Å². The Hall–Kier alpha value is -2.42. The maximum Gasteiger partial charge on any atom is 0.123 e. The molecule has 2 aromatic carbocycles. The molecular weight excluding hydrogens is 353 g/mol.